The van der Waals surface area contributed by atoms with Crippen LogP contribution in [0.2, 0.25) is 0 Å². The third-order valence-electron chi connectivity index (χ3n) is 2.92. The zero-order chi connectivity index (χ0) is 13.8. The molecule has 0 aromatic heterocycles. The van der Waals surface area contributed by atoms with E-state index in [2.05, 4.69) is 15.9 Å². The molecule has 0 aliphatic carbocycles. The van der Waals surface area contributed by atoms with E-state index >= 15 is 0 Å². The van der Waals surface area contributed by atoms with Gasteiger partial charge in [0.1, 0.15) is 0 Å². The van der Waals surface area contributed by atoms with E-state index in [9.17, 15) is 4.79 Å². The molecule has 4 nitrogen and oxygen atoms in total. The van der Waals surface area contributed by atoms with Crippen LogP contribution in [0.4, 0.5) is 5.69 Å². The number of hydrogen-bond donors (Lipinski definition) is 1. The Labute approximate surface area is 125 Å². The van der Waals surface area contributed by atoms with E-state index in [1.165, 1.54) is 11.8 Å². The summed E-state index contributed by atoms with van der Waals surface area (Å²) in [7, 11) is 0. The Morgan fingerprint density at radius 2 is 2.42 bits per heavy atom. The number of nitrogens with zero attached hydrogens (tertiary/aromatic N) is 1. The van der Waals surface area contributed by atoms with Crippen molar-refractivity contribution in [3.05, 3.63) is 22.7 Å². The van der Waals surface area contributed by atoms with Gasteiger partial charge in [0.05, 0.1) is 18.5 Å². The zero-order valence-corrected chi connectivity index (χ0v) is 13.2. The van der Waals surface area contributed by atoms with Gasteiger partial charge in [0.15, 0.2) is 0 Å². The van der Waals surface area contributed by atoms with Gasteiger partial charge < -0.3 is 15.4 Å². The number of amides is 1. The fourth-order valence-electron chi connectivity index (χ4n) is 1.91. The van der Waals surface area contributed by atoms with Crippen molar-refractivity contribution in [3.8, 4) is 0 Å². The molecule has 1 aliphatic heterocycles. The number of halogens is 1. The lowest BCUT2D eigenvalue weighted by Gasteiger charge is -2.31. The highest BCUT2D eigenvalue weighted by Gasteiger charge is 2.21. The maximum Gasteiger partial charge on any atom is 0.233 e. The van der Waals surface area contributed by atoms with Crippen molar-refractivity contribution in [1.82, 2.24) is 4.90 Å². The van der Waals surface area contributed by atoms with Crippen molar-refractivity contribution in [2.24, 2.45) is 0 Å². The number of ether oxygens (including phenoxy) is 1. The standard InChI is InChI=1S/C13H17BrN2O2S/c1-9-7-16(4-5-18-9)13(17)8-19-12-6-10(14)2-3-11(12)15/h2-3,6,9H,4-5,7-8,15H2,1H3. The Balaban J connectivity index is 1.91. The molecule has 104 valence electrons. The molecule has 2 rings (SSSR count). The Bertz CT molecular complexity index is 470. The molecule has 1 fully saturated rings. The average molecular weight is 345 g/mol. The van der Waals surface area contributed by atoms with E-state index < -0.39 is 0 Å². The molecular weight excluding hydrogens is 328 g/mol. The third-order valence-corrected chi connectivity index (χ3v) is 4.47. The summed E-state index contributed by atoms with van der Waals surface area (Å²) in [6, 6.07) is 5.67. The predicted molar refractivity (Wildman–Crippen MR) is 81.3 cm³/mol. The lowest BCUT2D eigenvalue weighted by atomic mass is 10.3. The summed E-state index contributed by atoms with van der Waals surface area (Å²) in [6.07, 6.45) is 0.124. The van der Waals surface area contributed by atoms with E-state index in [0.29, 0.717) is 31.1 Å². The smallest absolute Gasteiger partial charge is 0.233 e. The van der Waals surface area contributed by atoms with Crippen LogP contribution < -0.4 is 5.73 Å². The quantitative estimate of drug-likeness (QED) is 0.675. The molecule has 1 aromatic rings. The van der Waals surface area contributed by atoms with Crippen LogP contribution in [0.5, 0.6) is 0 Å². The molecule has 1 aromatic carbocycles. The maximum absolute atomic E-state index is 12.1. The highest BCUT2D eigenvalue weighted by molar-refractivity contribution is 9.10. The fourth-order valence-corrected chi connectivity index (χ4v) is 3.33. The number of benzene rings is 1. The first kappa shape index (κ1) is 14.7. The molecule has 19 heavy (non-hydrogen) atoms. The van der Waals surface area contributed by atoms with Crippen LogP contribution in [0.25, 0.3) is 0 Å². The number of carbonyl (C=O) groups is 1. The minimum Gasteiger partial charge on any atom is -0.398 e. The topological polar surface area (TPSA) is 55.6 Å². The largest absolute Gasteiger partial charge is 0.398 e. The van der Waals surface area contributed by atoms with Gasteiger partial charge >= 0.3 is 0 Å². The number of morpholine rings is 1. The summed E-state index contributed by atoms with van der Waals surface area (Å²) in [4.78, 5) is 14.9. The number of rotatable bonds is 3. The van der Waals surface area contributed by atoms with Gasteiger partial charge in [-0.25, -0.2) is 0 Å². The van der Waals surface area contributed by atoms with E-state index in [1.54, 1.807) is 0 Å². The number of nitrogens with two attached hydrogens (primary N) is 1. The lowest BCUT2D eigenvalue weighted by molar-refractivity contribution is -0.135. The van der Waals surface area contributed by atoms with Gasteiger partial charge in [-0.05, 0) is 25.1 Å². The molecule has 1 atom stereocenters. The maximum atomic E-state index is 12.1. The minimum absolute atomic E-state index is 0.124. The summed E-state index contributed by atoms with van der Waals surface area (Å²) in [6.45, 7) is 3.96. The normalized spacial score (nSPS) is 19.5. The molecule has 1 unspecified atom stereocenters. The molecule has 0 saturated carbocycles. The molecule has 1 saturated heterocycles. The summed E-state index contributed by atoms with van der Waals surface area (Å²) in [5, 5.41) is 0. The van der Waals surface area contributed by atoms with Crippen LogP contribution in [0.15, 0.2) is 27.6 Å². The average Bonchev–Trinajstić information content (AvgIpc) is 2.39. The first-order valence-corrected chi connectivity index (χ1v) is 7.91. The molecule has 0 radical (unpaired) electrons. The Hall–Kier alpha value is -0.720. The molecule has 0 spiro atoms. The summed E-state index contributed by atoms with van der Waals surface area (Å²) < 4.78 is 6.40. The minimum atomic E-state index is 0.124. The van der Waals surface area contributed by atoms with Crippen LogP contribution in [0, 0.1) is 0 Å². The fraction of sp³-hybridized carbons (Fsp3) is 0.462. The van der Waals surface area contributed by atoms with Crippen molar-refractivity contribution in [1.29, 1.82) is 0 Å². The van der Waals surface area contributed by atoms with E-state index in [0.717, 1.165) is 9.37 Å². The second-order valence-electron chi connectivity index (χ2n) is 4.49. The number of thioether (sulfide) groups is 1. The number of anilines is 1. The van der Waals surface area contributed by atoms with Crippen molar-refractivity contribution >= 4 is 39.3 Å². The van der Waals surface area contributed by atoms with Crippen LogP contribution in [-0.2, 0) is 9.53 Å². The predicted octanol–water partition coefficient (Wildman–Crippen LogP) is 2.37. The number of carbonyl (C=O) groups excluding carboxylic acids is 1. The molecular formula is C13H17BrN2O2S. The number of hydrogen-bond acceptors (Lipinski definition) is 4. The molecule has 0 bridgehead atoms. The van der Waals surface area contributed by atoms with Gasteiger partial charge in [-0.2, -0.15) is 0 Å². The SMILES string of the molecule is CC1CN(C(=O)CSc2cc(Br)ccc2N)CCO1. The Morgan fingerprint density at radius 1 is 1.63 bits per heavy atom. The van der Waals surface area contributed by atoms with Gasteiger partial charge in [-0.1, -0.05) is 15.9 Å². The van der Waals surface area contributed by atoms with Gasteiger partial charge in [0.2, 0.25) is 5.91 Å². The van der Waals surface area contributed by atoms with Crippen molar-refractivity contribution < 1.29 is 9.53 Å². The highest BCUT2D eigenvalue weighted by atomic mass is 79.9. The first-order chi connectivity index (χ1) is 9.06. The molecule has 6 heteroatoms. The van der Waals surface area contributed by atoms with Crippen molar-refractivity contribution in [2.45, 2.75) is 17.9 Å². The van der Waals surface area contributed by atoms with Crippen molar-refractivity contribution in [2.75, 3.05) is 31.2 Å². The highest BCUT2D eigenvalue weighted by Crippen LogP contribution is 2.28. The molecule has 2 N–H and O–H groups in total. The van der Waals surface area contributed by atoms with E-state index in [-0.39, 0.29) is 12.0 Å². The zero-order valence-electron chi connectivity index (χ0n) is 10.8. The number of nitrogen functional groups attached to an aromatic ring is 1. The Morgan fingerprint density at radius 3 is 3.16 bits per heavy atom. The lowest BCUT2D eigenvalue weighted by Crippen LogP contribution is -2.45. The third kappa shape index (κ3) is 4.12. The molecule has 1 heterocycles. The molecule has 1 aliphatic rings. The summed E-state index contributed by atoms with van der Waals surface area (Å²) in [5.41, 5.74) is 6.59. The van der Waals surface area contributed by atoms with Crippen LogP contribution in [0.1, 0.15) is 6.92 Å². The van der Waals surface area contributed by atoms with Gasteiger partial charge in [0, 0.05) is 28.1 Å². The van der Waals surface area contributed by atoms with E-state index in [1.807, 2.05) is 30.0 Å². The Kier molecular flexibility index (Phi) is 5.13. The first-order valence-electron chi connectivity index (χ1n) is 6.13. The van der Waals surface area contributed by atoms with Gasteiger partial charge in [0.25, 0.3) is 0 Å². The van der Waals surface area contributed by atoms with Crippen LogP contribution in [0.3, 0.4) is 0 Å². The molecule has 1 amide bonds. The second kappa shape index (κ2) is 6.63. The van der Waals surface area contributed by atoms with Crippen LogP contribution in [-0.4, -0.2) is 42.4 Å². The van der Waals surface area contributed by atoms with E-state index in [4.69, 9.17) is 10.5 Å². The van der Waals surface area contributed by atoms with Crippen LogP contribution >= 0.6 is 27.7 Å². The summed E-state index contributed by atoms with van der Waals surface area (Å²) >= 11 is 4.88. The summed E-state index contributed by atoms with van der Waals surface area (Å²) in [5.74, 6) is 0.549. The second-order valence-corrected chi connectivity index (χ2v) is 6.42. The van der Waals surface area contributed by atoms with Gasteiger partial charge in [-0.3, -0.25) is 4.79 Å². The van der Waals surface area contributed by atoms with Gasteiger partial charge in [-0.15, -0.1) is 11.8 Å². The van der Waals surface area contributed by atoms with Crippen molar-refractivity contribution in [3.63, 3.8) is 0 Å². The monoisotopic (exact) mass is 344 g/mol.